The first-order chi connectivity index (χ1) is 29.0. The molecule has 0 aliphatic heterocycles. The van der Waals surface area contributed by atoms with E-state index in [1.165, 1.54) is 148 Å². The molecule has 6 heteroatoms. The van der Waals surface area contributed by atoms with Crippen LogP contribution in [0.4, 0.5) is 0 Å². The SMILES string of the molecule is CC/C=C\C/C=C\CCCCC(=O)OCC(COC(=O)CCCCCCC/C=C\CCCCCCCCCCC)OC(=O)CCCCCCCCCCCCCCCC. The van der Waals surface area contributed by atoms with Crippen LogP contribution < -0.4 is 0 Å². The minimum Gasteiger partial charge on any atom is -0.462 e. The van der Waals surface area contributed by atoms with Crippen molar-refractivity contribution in [1.82, 2.24) is 0 Å². The molecule has 59 heavy (non-hydrogen) atoms. The fourth-order valence-electron chi connectivity index (χ4n) is 7.30. The van der Waals surface area contributed by atoms with Crippen molar-refractivity contribution in [1.29, 1.82) is 0 Å². The largest absolute Gasteiger partial charge is 0.462 e. The molecule has 0 fully saturated rings. The summed E-state index contributed by atoms with van der Waals surface area (Å²) in [5.41, 5.74) is 0. The summed E-state index contributed by atoms with van der Waals surface area (Å²) in [6.07, 6.45) is 55.7. The Kier molecular flexibility index (Phi) is 46.4. The van der Waals surface area contributed by atoms with Gasteiger partial charge in [-0.25, -0.2) is 0 Å². The minimum absolute atomic E-state index is 0.0841. The van der Waals surface area contributed by atoms with Crippen LogP contribution in [0.3, 0.4) is 0 Å². The molecule has 0 saturated heterocycles. The standard InChI is InChI=1S/C53H96O6/c1-4-7-10-13-16-19-21-23-25-26-27-28-30-31-34-37-40-43-46-52(55)58-49-50(48-57-51(54)45-42-39-36-33-18-15-12-9-6-3)59-53(56)47-44-41-38-35-32-29-24-22-20-17-14-11-8-5-2/h9,12,18,27-28,33,50H,4-8,10-11,13-17,19-26,29-32,34-49H2,1-3H3/b12-9-,28-27-,33-18-. The molecular formula is C53H96O6. The fourth-order valence-corrected chi connectivity index (χ4v) is 7.30. The monoisotopic (exact) mass is 829 g/mol. The van der Waals surface area contributed by atoms with Gasteiger partial charge in [-0.3, -0.25) is 14.4 Å². The Hall–Kier alpha value is -2.37. The van der Waals surface area contributed by atoms with Crippen LogP contribution in [0.25, 0.3) is 0 Å². The molecule has 0 amide bonds. The number of carbonyl (C=O) groups excluding carboxylic acids is 3. The van der Waals surface area contributed by atoms with Crippen molar-refractivity contribution in [2.24, 2.45) is 0 Å². The van der Waals surface area contributed by atoms with Crippen LogP contribution in [0.1, 0.15) is 265 Å². The maximum atomic E-state index is 12.8. The zero-order chi connectivity index (χ0) is 43.0. The van der Waals surface area contributed by atoms with Crippen LogP contribution >= 0.6 is 0 Å². The summed E-state index contributed by atoms with van der Waals surface area (Å²) in [7, 11) is 0. The highest BCUT2D eigenvalue weighted by molar-refractivity contribution is 5.71. The van der Waals surface area contributed by atoms with Crippen LogP contribution in [0.5, 0.6) is 0 Å². The van der Waals surface area contributed by atoms with Crippen molar-refractivity contribution in [3.8, 4) is 0 Å². The summed E-state index contributed by atoms with van der Waals surface area (Å²) < 4.78 is 16.7. The van der Waals surface area contributed by atoms with E-state index < -0.39 is 6.10 Å². The Morgan fingerprint density at radius 1 is 0.356 bits per heavy atom. The molecule has 1 unspecified atom stereocenters. The number of hydrogen-bond donors (Lipinski definition) is 0. The number of unbranched alkanes of at least 4 members (excludes halogenated alkanes) is 29. The molecule has 0 aliphatic carbocycles. The summed E-state index contributed by atoms with van der Waals surface area (Å²) >= 11 is 0. The van der Waals surface area contributed by atoms with Gasteiger partial charge >= 0.3 is 17.9 Å². The highest BCUT2D eigenvalue weighted by Crippen LogP contribution is 2.15. The van der Waals surface area contributed by atoms with Gasteiger partial charge in [-0.1, -0.05) is 211 Å². The normalized spacial score (nSPS) is 12.3. The van der Waals surface area contributed by atoms with E-state index >= 15 is 0 Å². The third kappa shape index (κ3) is 46.5. The number of esters is 3. The second-order valence-corrected chi connectivity index (χ2v) is 17.1. The molecule has 0 rings (SSSR count). The molecule has 0 saturated carbocycles. The predicted octanol–water partition coefficient (Wildman–Crippen LogP) is 16.5. The van der Waals surface area contributed by atoms with Gasteiger partial charge in [0.15, 0.2) is 6.10 Å². The Morgan fingerprint density at radius 3 is 1.07 bits per heavy atom. The van der Waals surface area contributed by atoms with Gasteiger partial charge in [0, 0.05) is 19.3 Å². The lowest BCUT2D eigenvalue weighted by molar-refractivity contribution is -0.167. The van der Waals surface area contributed by atoms with E-state index in [0.29, 0.717) is 19.3 Å². The molecule has 0 N–H and O–H groups in total. The van der Waals surface area contributed by atoms with Gasteiger partial charge in [0.2, 0.25) is 0 Å². The van der Waals surface area contributed by atoms with E-state index in [-0.39, 0.29) is 31.1 Å². The van der Waals surface area contributed by atoms with Crippen LogP contribution in [-0.2, 0) is 28.6 Å². The van der Waals surface area contributed by atoms with E-state index in [9.17, 15) is 14.4 Å². The van der Waals surface area contributed by atoms with Gasteiger partial charge in [0.05, 0.1) is 0 Å². The maximum absolute atomic E-state index is 12.8. The molecular weight excluding hydrogens is 733 g/mol. The minimum atomic E-state index is -0.783. The van der Waals surface area contributed by atoms with Gasteiger partial charge in [-0.05, 0) is 70.6 Å². The van der Waals surface area contributed by atoms with E-state index in [2.05, 4.69) is 57.2 Å². The van der Waals surface area contributed by atoms with Crippen LogP contribution in [0.15, 0.2) is 36.5 Å². The number of hydrogen-bond acceptors (Lipinski definition) is 6. The molecule has 0 aromatic rings. The molecule has 0 bridgehead atoms. The Balaban J connectivity index is 4.31. The zero-order valence-corrected chi connectivity index (χ0v) is 39.3. The highest BCUT2D eigenvalue weighted by atomic mass is 16.6. The van der Waals surface area contributed by atoms with Crippen molar-refractivity contribution in [2.45, 2.75) is 271 Å². The summed E-state index contributed by atoms with van der Waals surface area (Å²) in [6, 6.07) is 0. The smallest absolute Gasteiger partial charge is 0.306 e. The second kappa shape index (κ2) is 48.3. The average molecular weight is 829 g/mol. The van der Waals surface area contributed by atoms with Crippen molar-refractivity contribution in [3.05, 3.63) is 36.5 Å². The van der Waals surface area contributed by atoms with Gasteiger partial charge < -0.3 is 14.2 Å². The van der Waals surface area contributed by atoms with Crippen molar-refractivity contribution in [3.63, 3.8) is 0 Å². The van der Waals surface area contributed by atoms with Crippen LogP contribution in [0.2, 0.25) is 0 Å². The fraction of sp³-hybridized carbons (Fsp3) is 0.830. The number of allylic oxidation sites excluding steroid dienone is 6. The molecule has 1 atom stereocenters. The molecule has 344 valence electrons. The van der Waals surface area contributed by atoms with Crippen LogP contribution in [0, 0.1) is 0 Å². The third-order valence-corrected chi connectivity index (χ3v) is 11.1. The Bertz CT molecular complexity index is 1000. The van der Waals surface area contributed by atoms with Crippen molar-refractivity contribution >= 4 is 17.9 Å². The molecule has 0 spiro atoms. The van der Waals surface area contributed by atoms with Gasteiger partial charge in [0.25, 0.3) is 0 Å². The van der Waals surface area contributed by atoms with Gasteiger partial charge in [-0.15, -0.1) is 0 Å². The van der Waals surface area contributed by atoms with E-state index in [1.54, 1.807) is 0 Å². The van der Waals surface area contributed by atoms with Crippen molar-refractivity contribution < 1.29 is 28.6 Å². The lowest BCUT2D eigenvalue weighted by atomic mass is 10.0. The van der Waals surface area contributed by atoms with Gasteiger partial charge in [-0.2, -0.15) is 0 Å². The number of carbonyl (C=O) groups is 3. The van der Waals surface area contributed by atoms with E-state index in [0.717, 1.165) is 77.0 Å². The summed E-state index contributed by atoms with van der Waals surface area (Å²) in [6.45, 7) is 6.49. The first kappa shape index (κ1) is 56.6. The molecule has 0 aromatic heterocycles. The molecule has 0 aliphatic rings. The maximum Gasteiger partial charge on any atom is 0.306 e. The Morgan fingerprint density at radius 2 is 0.661 bits per heavy atom. The third-order valence-electron chi connectivity index (χ3n) is 11.1. The second-order valence-electron chi connectivity index (χ2n) is 17.1. The lowest BCUT2D eigenvalue weighted by Gasteiger charge is -2.18. The lowest BCUT2D eigenvalue weighted by Crippen LogP contribution is -2.30. The average Bonchev–Trinajstić information content (AvgIpc) is 3.23. The summed E-state index contributed by atoms with van der Waals surface area (Å²) in [5, 5.41) is 0. The highest BCUT2D eigenvalue weighted by Gasteiger charge is 2.19. The number of ether oxygens (including phenoxy) is 3. The first-order valence-corrected chi connectivity index (χ1v) is 25.5. The van der Waals surface area contributed by atoms with Gasteiger partial charge in [0.1, 0.15) is 13.2 Å². The van der Waals surface area contributed by atoms with Crippen LogP contribution in [-0.4, -0.2) is 37.2 Å². The number of rotatable bonds is 46. The molecule has 0 heterocycles. The summed E-state index contributed by atoms with van der Waals surface area (Å²) in [5.74, 6) is -0.921. The predicted molar refractivity (Wildman–Crippen MR) is 252 cm³/mol. The topological polar surface area (TPSA) is 78.9 Å². The molecule has 0 radical (unpaired) electrons. The summed E-state index contributed by atoms with van der Waals surface area (Å²) in [4.78, 5) is 37.8. The van der Waals surface area contributed by atoms with E-state index in [1.807, 2.05) is 0 Å². The zero-order valence-electron chi connectivity index (χ0n) is 39.3. The van der Waals surface area contributed by atoms with Crippen molar-refractivity contribution in [2.75, 3.05) is 13.2 Å². The quantitative estimate of drug-likeness (QED) is 0.0263. The molecule has 0 aromatic carbocycles. The first-order valence-electron chi connectivity index (χ1n) is 25.5. The van der Waals surface area contributed by atoms with E-state index in [4.69, 9.17) is 14.2 Å². The Labute approximate surface area is 365 Å². The molecule has 6 nitrogen and oxygen atoms in total.